The van der Waals surface area contributed by atoms with Crippen LogP contribution in [0, 0.1) is 23.2 Å². The summed E-state index contributed by atoms with van der Waals surface area (Å²) in [6.07, 6.45) is -2.89. The van der Waals surface area contributed by atoms with Crippen LogP contribution in [0.2, 0.25) is 0 Å². The van der Waals surface area contributed by atoms with Crippen molar-refractivity contribution in [1.82, 2.24) is 0 Å². The molecule has 3 N–H and O–H groups in total. The molecule has 2 saturated heterocycles. The van der Waals surface area contributed by atoms with Crippen molar-refractivity contribution in [3.63, 3.8) is 0 Å². The number of carbonyl (C=O) groups is 3. The van der Waals surface area contributed by atoms with Crippen LogP contribution in [0.1, 0.15) is 85.3 Å². The molecule has 234 valence electrons. The van der Waals surface area contributed by atoms with E-state index < -0.39 is 64.7 Å². The summed E-state index contributed by atoms with van der Waals surface area (Å²) in [5, 5.41) is 31.4. The topological polar surface area (TPSA) is 149 Å². The zero-order valence-corrected chi connectivity index (χ0v) is 25.7. The van der Waals surface area contributed by atoms with Gasteiger partial charge in [-0.3, -0.25) is 14.4 Å². The molecule has 2 aliphatic heterocycles. The third-order valence-electron chi connectivity index (χ3n) is 9.81. The molecule has 0 radical (unpaired) electrons. The lowest BCUT2D eigenvalue weighted by Gasteiger charge is -2.61. The van der Waals surface area contributed by atoms with E-state index in [-0.39, 0.29) is 43.0 Å². The molecule has 4 rings (SSSR count). The Hall–Kier alpha value is -2.53. The molecule has 0 aromatic heterocycles. The van der Waals surface area contributed by atoms with E-state index in [1.165, 1.54) is 13.8 Å². The highest BCUT2D eigenvalue weighted by Crippen LogP contribution is 2.58. The number of hydrogen-bond acceptors (Lipinski definition) is 10. The van der Waals surface area contributed by atoms with Gasteiger partial charge >= 0.3 is 11.9 Å². The number of aliphatic hydroxyl groups is 2. The first kappa shape index (κ1) is 32.4. The number of phenols is 1. The molecular formula is C32H46O10. The highest BCUT2D eigenvalue weighted by Gasteiger charge is 2.69. The average molecular weight is 591 g/mol. The monoisotopic (exact) mass is 590 g/mol. The fourth-order valence-electron chi connectivity index (χ4n) is 7.44. The van der Waals surface area contributed by atoms with E-state index in [4.69, 9.17) is 18.9 Å². The lowest BCUT2D eigenvalue weighted by Crippen LogP contribution is -2.72. The minimum absolute atomic E-state index is 0.0296. The molecule has 1 saturated carbocycles. The van der Waals surface area contributed by atoms with Gasteiger partial charge in [0.25, 0.3) is 0 Å². The second kappa shape index (κ2) is 11.9. The van der Waals surface area contributed by atoms with E-state index in [1.54, 1.807) is 25.3 Å². The van der Waals surface area contributed by atoms with Gasteiger partial charge in [-0.2, -0.15) is 0 Å². The maximum Gasteiger partial charge on any atom is 0.320 e. The van der Waals surface area contributed by atoms with Crippen LogP contribution in [0.5, 0.6) is 5.75 Å². The normalized spacial score (nSPS) is 37.1. The summed E-state index contributed by atoms with van der Waals surface area (Å²) >= 11 is 0. The van der Waals surface area contributed by atoms with Crippen LogP contribution < -0.4 is 0 Å². The number of phenolic OH excluding ortho intramolecular Hbond substituents is 1. The summed E-state index contributed by atoms with van der Waals surface area (Å²) < 4.78 is 24.3. The molecule has 1 aromatic rings. The molecule has 10 nitrogen and oxygen atoms in total. The number of ketones is 1. The molecule has 10 unspecified atom stereocenters. The van der Waals surface area contributed by atoms with Crippen molar-refractivity contribution in [2.24, 2.45) is 23.2 Å². The number of aromatic hydroxyl groups is 1. The maximum atomic E-state index is 13.8. The molecule has 1 aromatic carbocycles. The first-order chi connectivity index (χ1) is 19.5. The maximum absolute atomic E-state index is 13.8. The summed E-state index contributed by atoms with van der Waals surface area (Å²) in [6.45, 7) is 10.5. The van der Waals surface area contributed by atoms with E-state index in [9.17, 15) is 29.7 Å². The molecule has 1 aliphatic carbocycles. The Kier molecular flexibility index (Phi) is 9.15. The quantitative estimate of drug-likeness (QED) is 0.317. The van der Waals surface area contributed by atoms with Crippen LogP contribution in [-0.2, 0) is 33.3 Å². The van der Waals surface area contributed by atoms with E-state index in [1.807, 2.05) is 33.8 Å². The SMILES string of the molecule is COC(CCC(C)C1OC23CC(OC(=O)CC(C(C)O)OC(=O)C2C(=O)C(C)(O)CC3(C)C)C1C)c1cccc(O)c1. The summed E-state index contributed by atoms with van der Waals surface area (Å²) in [4.78, 5) is 40.7. The van der Waals surface area contributed by atoms with Crippen molar-refractivity contribution in [2.45, 2.75) is 115 Å². The molecule has 10 atom stereocenters. The molecule has 0 amide bonds. The fourth-order valence-corrected chi connectivity index (χ4v) is 7.44. The number of Topliss-reactive ketones (excluding diaryl/α,β-unsaturated/α-hetero) is 1. The first-order valence-corrected chi connectivity index (χ1v) is 14.9. The predicted octanol–water partition coefficient (Wildman–Crippen LogP) is 3.63. The highest BCUT2D eigenvalue weighted by molar-refractivity contribution is 6.05. The minimum atomic E-state index is -1.81. The van der Waals surface area contributed by atoms with Crippen LogP contribution in [0.3, 0.4) is 0 Å². The first-order valence-electron chi connectivity index (χ1n) is 14.9. The van der Waals surface area contributed by atoms with Crippen molar-refractivity contribution in [1.29, 1.82) is 0 Å². The van der Waals surface area contributed by atoms with Crippen LogP contribution in [0.15, 0.2) is 24.3 Å². The molecule has 1 spiro atoms. The summed E-state index contributed by atoms with van der Waals surface area (Å²) in [7, 11) is 1.61. The fraction of sp³-hybridized carbons (Fsp3) is 0.719. The molecule has 2 heterocycles. The number of esters is 2. The Bertz CT molecular complexity index is 1180. The molecule has 3 aliphatic rings. The van der Waals surface area contributed by atoms with Crippen molar-refractivity contribution < 1.29 is 48.7 Å². The van der Waals surface area contributed by atoms with Crippen molar-refractivity contribution in [3.8, 4) is 5.75 Å². The van der Waals surface area contributed by atoms with E-state index in [0.29, 0.717) is 12.8 Å². The van der Waals surface area contributed by atoms with Gasteiger partial charge in [-0.1, -0.05) is 39.8 Å². The number of aliphatic hydroxyl groups excluding tert-OH is 1. The third kappa shape index (κ3) is 5.96. The lowest BCUT2D eigenvalue weighted by molar-refractivity contribution is -0.286. The standard InChI is InChI=1S/C32H46O10/c1-17(11-12-22(39-7)20-9-8-10-21(34)13-20)27-18(2)24-15-32(42-27)26(28(36)31(6,38)16-30(32,4)5)29(37)41-23(19(3)33)14-25(35)40-24/h8-10,13,17-19,22-24,26-27,33-34,38H,11-12,14-16H2,1-7H3. The Morgan fingerprint density at radius 2 is 1.79 bits per heavy atom. The van der Waals surface area contributed by atoms with Crippen LogP contribution >= 0.6 is 0 Å². The van der Waals surface area contributed by atoms with Gasteiger partial charge in [-0.25, -0.2) is 0 Å². The Labute approximate surface area is 247 Å². The summed E-state index contributed by atoms with van der Waals surface area (Å²) in [6, 6.07) is 6.92. The third-order valence-corrected chi connectivity index (χ3v) is 9.81. The van der Waals surface area contributed by atoms with Crippen molar-refractivity contribution in [3.05, 3.63) is 29.8 Å². The van der Waals surface area contributed by atoms with Gasteiger partial charge in [0.05, 0.1) is 30.3 Å². The zero-order chi connectivity index (χ0) is 31.2. The van der Waals surface area contributed by atoms with Crippen LogP contribution in [0.25, 0.3) is 0 Å². The minimum Gasteiger partial charge on any atom is -0.508 e. The Morgan fingerprint density at radius 3 is 2.40 bits per heavy atom. The number of benzene rings is 1. The molecule has 42 heavy (non-hydrogen) atoms. The highest BCUT2D eigenvalue weighted by atomic mass is 16.6. The number of cyclic esters (lactones) is 1. The van der Waals surface area contributed by atoms with Gasteiger partial charge in [0, 0.05) is 19.4 Å². The molecule has 3 fully saturated rings. The van der Waals surface area contributed by atoms with Crippen molar-refractivity contribution >= 4 is 17.7 Å². The Morgan fingerprint density at radius 1 is 1.10 bits per heavy atom. The predicted molar refractivity (Wildman–Crippen MR) is 151 cm³/mol. The van der Waals surface area contributed by atoms with Gasteiger partial charge in [-0.15, -0.1) is 0 Å². The average Bonchev–Trinajstić information content (AvgIpc) is 2.88. The number of ether oxygens (including phenoxy) is 4. The van der Waals surface area contributed by atoms with Gasteiger partial charge in [0.1, 0.15) is 29.5 Å². The number of fused-ring (bicyclic) bond motifs is 1. The second-order valence-corrected chi connectivity index (χ2v) is 13.5. The number of methoxy groups -OCH3 is 1. The summed E-state index contributed by atoms with van der Waals surface area (Å²) in [5.41, 5.74) is -3.32. The molecule has 2 bridgehead atoms. The molecular weight excluding hydrogens is 544 g/mol. The molecule has 10 heteroatoms. The zero-order valence-electron chi connectivity index (χ0n) is 25.7. The van der Waals surface area contributed by atoms with E-state index in [2.05, 4.69) is 0 Å². The van der Waals surface area contributed by atoms with E-state index >= 15 is 0 Å². The van der Waals surface area contributed by atoms with Gasteiger partial charge in [0.2, 0.25) is 0 Å². The number of rotatable bonds is 7. The van der Waals surface area contributed by atoms with Crippen LogP contribution in [0.4, 0.5) is 0 Å². The largest absolute Gasteiger partial charge is 0.508 e. The smallest absolute Gasteiger partial charge is 0.320 e. The van der Waals surface area contributed by atoms with Crippen LogP contribution in [-0.4, -0.2) is 75.8 Å². The van der Waals surface area contributed by atoms with Crippen molar-refractivity contribution in [2.75, 3.05) is 7.11 Å². The Balaban J connectivity index is 1.73. The van der Waals surface area contributed by atoms with Gasteiger partial charge < -0.3 is 34.3 Å². The van der Waals surface area contributed by atoms with E-state index in [0.717, 1.165) is 5.56 Å². The number of carbonyl (C=O) groups excluding carboxylic acids is 3. The van der Waals surface area contributed by atoms with Gasteiger partial charge in [0.15, 0.2) is 5.78 Å². The summed E-state index contributed by atoms with van der Waals surface area (Å²) in [5.74, 6) is -3.98. The van der Waals surface area contributed by atoms with Gasteiger partial charge in [-0.05, 0) is 62.1 Å². The second-order valence-electron chi connectivity index (χ2n) is 13.5. The number of hydrogen-bond donors (Lipinski definition) is 3. The lowest BCUT2D eigenvalue weighted by atomic mass is 9.52.